The van der Waals surface area contributed by atoms with Gasteiger partial charge >= 0.3 is 0 Å². The van der Waals surface area contributed by atoms with Gasteiger partial charge in [-0.1, -0.05) is 6.07 Å². The van der Waals surface area contributed by atoms with E-state index in [1.165, 1.54) is 12.1 Å². The van der Waals surface area contributed by atoms with Gasteiger partial charge < -0.3 is 10.2 Å². The molecule has 0 radical (unpaired) electrons. The first kappa shape index (κ1) is 15.9. The molecule has 2 heterocycles. The Morgan fingerprint density at radius 3 is 2.78 bits per heavy atom. The highest BCUT2D eigenvalue weighted by molar-refractivity contribution is 7.90. The Balaban J connectivity index is 1.80. The average Bonchev–Trinajstić information content (AvgIpc) is 2.54. The summed E-state index contributed by atoms with van der Waals surface area (Å²) in [5.74, 6) is -0.299. The SMILES string of the molecule is CS(=O)(=O)c1cccc(C(=O)N2CCN3CCNC(=O)[C@H]3C2)c1. The minimum absolute atomic E-state index is 0.0568. The number of benzene rings is 1. The van der Waals surface area contributed by atoms with Crippen molar-refractivity contribution < 1.29 is 18.0 Å². The van der Waals surface area contributed by atoms with Crippen LogP contribution in [0.1, 0.15) is 10.4 Å². The molecule has 2 amide bonds. The van der Waals surface area contributed by atoms with E-state index in [9.17, 15) is 18.0 Å². The van der Waals surface area contributed by atoms with Gasteiger partial charge in [0.2, 0.25) is 5.91 Å². The van der Waals surface area contributed by atoms with E-state index in [1.54, 1.807) is 17.0 Å². The maximum atomic E-state index is 12.6. The van der Waals surface area contributed by atoms with Crippen molar-refractivity contribution in [3.8, 4) is 0 Å². The monoisotopic (exact) mass is 337 g/mol. The number of carbonyl (C=O) groups is 2. The predicted octanol–water partition coefficient (Wildman–Crippen LogP) is -0.654. The van der Waals surface area contributed by atoms with Crippen LogP contribution in [0.25, 0.3) is 0 Å². The van der Waals surface area contributed by atoms with E-state index in [4.69, 9.17) is 0 Å². The van der Waals surface area contributed by atoms with Crippen molar-refractivity contribution in [1.29, 1.82) is 0 Å². The van der Waals surface area contributed by atoms with Crippen LogP contribution < -0.4 is 5.32 Å². The second-order valence-electron chi connectivity index (χ2n) is 5.89. The van der Waals surface area contributed by atoms with Gasteiger partial charge in [0, 0.05) is 44.5 Å². The zero-order valence-corrected chi connectivity index (χ0v) is 13.7. The maximum Gasteiger partial charge on any atom is 0.254 e. The van der Waals surface area contributed by atoms with Crippen molar-refractivity contribution in [3.05, 3.63) is 29.8 Å². The van der Waals surface area contributed by atoms with Gasteiger partial charge in [-0.2, -0.15) is 0 Å². The van der Waals surface area contributed by atoms with Crippen molar-refractivity contribution in [2.24, 2.45) is 0 Å². The van der Waals surface area contributed by atoms with Crippen LogP contribution in [-0.2, 0) is 14.6 Å². The van der Waals surface area contributed by atoms with Gasteiger partial charge in [0.05, 0.1) is 4.90 Å². The third-order valence-electron chi connectivity index (χ3n) is 4.29. The summed E-state index contributed by atoms with van der Waals surface area (Å²) in [5, 5.41) is 2.81. The molecule has 7 nitrogen and oxygen atoms in total. The minimum atomic E-state index is -3.36. The number of rotatable bonds is 2. The van der Waals surface area contributed by atoms with Gasteiger partial charge in [-0.25, -0.2) is 8.42 Å². The smallest absolute Gasteiger partial charge is 0.254 e. The number of nitrogens with one attached hydrogen (secondary N) is 1. The second kappa shape index (κ2) is 5.93. The minimum Gasteiger partial charge on any atom is -0.353 e. The van der Waals surface area contributed by atoms with Crippen molar-refractivity contribution in [2.45, 2.75) is 10.9 Å². The summed E-state index contributed by atoms with van der Waals surface area (Å²) in [4.78, 5) is 28.4. The van der Waals surface area contributed by atoms with Crippen LogP contribution in [-0.4, -0.2) is 75.1 Å². The molecule has 124 valence electrons. The first-order valence-electron chi connectivity index (χ1n) is 7.47. The van der Waals surface area contributed by atoms with Crippen LogP contribution >= 0.6 is 0 Å². The largest absolute Gasteiger partial charge is 0.353 e. The Bertz CT molecular complexity index is 747. The number of sulfone groups is 1. The Morgan fingerprint density at radius 1 is 1.26 bits per heavy atom. The van der Waals surface area contributed by atoms with Crippen molar-refractivity contribution in [1.82, 2.24) is 15.1 Å². The van der Waals surface area contributed by atoms with Gasteiger partial charge in [0.1, 0.15) is 6.04 Å². The average molecular weight is 337 g/mol. The van der Waals surface area contributed by atoms with E-state index in [2.05, 4.69) is 10.2 Å². The number of nitrogens with zero attached hydrogens (tertiary/aromatic N) is 2. The highest BCUT2D eigenvalue weighted by Gasteiger charge is 2.36. The molecular formula is C15H19N3O4S. The highest BCUT2D eigenvalue weighted by Crippen LogP contribution is 2.17. The van der Waals surface area contributed by atoms with Crippen LogP contribution in [0.4, 0.5) is 0 Å². The van der Waals surface area contributed by atoms with Crippen LogP contribution in [0.3, 0.4) is 0 Å². The number of fused-ring (bicyclic) bond motifs is 1. The molecule has 23 heavy (non-hydrogen) atoms. The Kier molecular flexibility index (Phi) is 4.11. The molecule has 1 aromatic rings. The van der Waals surface area contributed by atoms with E-state index < -0.39 is 9.84 Å². The molecule has 1 aromatic carbocycles. The lowest BCUT2D eigenvalue weighted by Gasteiger charge is -2.43. The standard InChI is InChI=1S/C15H19N3O4S/c1-23(21,22)12-4-2-3-11(9-12)15(20)18-8-7-17-6-5-16-14(19)13(17)10-18/h2-4,9,13H,5-8,10H2,1H3,(H,16,19)/t13-/m1/s1. The number of hydrogen-bond acceptors (Lipinski definition) is 5. The van der Waals surface area contributed by atoms with E-state index in [0.29, 0.717) is 31.7 Å². The van der Waals surface area contributed by atoms with Crippen LogP contribution in [0.15, 0.2) is 29.2 Å². The summed E-state index contributed by atoms with van der Waals surface area (Å²) >= 11 is 0. The quantitative estimate of drug-likeness (QED) is 0.775. The molecule has 2 fully saturated rings. The fraction of sp³-hybridized carbons (Fsp3) is 0.467. The lowest BCUT2D eigenvalue weighted by Crippen LogP contribution is -2.64. The topological polar surface area (TPSA) is 86.8 Å². The third-order valence-corrected chi connectivity index (χ3v) is 5.40. The molecule has 1 atom stereocenters. The molecule has 2 aliphatic rings. The fourth-order valence-electron chi connectivity index (χ4n) is 3.00. The molecule has 2 aliphatic heterocycles. The van der Waals surface area contributed by atoms with E-state index in [-0.39, 0.29) is 22.8 Å². The molecule has 8 heteroatoms. The summed E-state index contributed by atoms with van der Waals surface area (Å²) in [7, 11) is -3.36. The van der Waals surface area contributed by atoms with Gasteiger partial charge in [-0.3, -0.25) is 14.5 Å². The van der Waals surface area contributed by atoms with Gasteiger partial charge in [-0.05, 0) is 18.2 Å². The van der Waals surface area contributed by atoms with Crippen LogP contribution in [0.2, 0.25) is 0 Å². The molecule has 0 aliphatic carbocycles. The van der Waals surface area contributed by atoms with Crippen LogP contribution in [0.5, 0.6) is 0 Å². The third kappa shape index (κ3) is 3.23. The van der Waals surface area contributed by atoms with E-state index in [0.717, 1.165) is 12.8 Å². The lowest BCUT2D eigenvalue weighted by atomic mass is 10.1. The van der Waals surface area contributed by atoms with E-state index in [1.807, 2.05) is 0 Å². The molecule has 0 aromatic heterocycles. The van der Waals surface area contributed by atoms with Crippen LogP contribution in [0, 0.1) is 0 Å². The summed E-state index contributed by atoms with van der Waals surface area (Å²) in [5.41, 5.74) is 0.331. The zero-order valence-electron chi connectivity index (χ0n) is 12.9. The molecule has 0 bridgehead atoms. The Labute approximate surface area is 135 Å². The number of hydrogen-bond donors (Lipinski definition) is 1. The summed E-state index contributed by atoms with van der Waals surface area (Å²) in [6.07, 6.45) is 1.11. The predicted molar refractivity (Wildman–Crippen MR) is 83.8 cm³/mol. The molecule has 1 N–H and O–H groups in total. The molecule has 0 saturated carbocycles. The van der Waals surface area contributed by atoms with Gasteiger partial charge in [0.25, 0.3) is 5.91 Å². The molecule has 2 saturated heterocycles. The van der Waals surface area contributed by atoms with Crippen molar-refractivity contribution in [2.75, 3.05) is 39.0 Å². The lowest BCUT2D eigenvalue weighted by molar-refractivity contribution is -0.131. The summed E-state index contributed by atoms with van der Waals surface area (Å²) in [6, 6.07) is 5.71. The van der Waals surface area contributed by atoms with Gasteiger partial charge in [-0.15, -0.1) is 0 Å². The fourth-order valence-corrected chi connectivity index (χ4v) is 3.67. The Hall–Kier alpha value is -1.93. The second-order valence-corrected chi connectivity index (χ2v) is 7.91. The molecule has 0 spiro atoms. The molecule has 3 rings (SSSR count). The highest BCUT2D eigenvalue weighted by atomic mass is 32.2. The zero-order chi connectivity index (χ0) is 16.6. The number of carbonyl (C=O) groups excluding carboxylic acids is 2. The first-order chi connectivity index (χ1) is 10.9. The number of piperazine rings is 2. The Morgan fingerprint density at radius 2 is 2.04 bits per heavy atom. The normalized spacial score (nSPS) is 22.4. The van der Waals surface area contributed by atoms with Gasteiger partial charge in [0.15, 0.2) is 9.84 Å². The first-order valence-corrected chi connectivity index (χ1v) is 9.36. The number of amides is 2. The maximum absolute atomic E-state index is 12.6. The molecular weight excluding hydrogens is 318 g/mol. The molecule has 0 unspecified atom stereocenters. The van der Waals surface area contributed by atoms with Crippen molar-refractivity contribution >= 4 is 21.7 Å². The summed E-state index contributed by atoms with van der Waals surface area (Å²) < 4.78 is 23.3. The van der Waals surface area contributed by atoms with Crippen molar-refractivity contribution in [3.63, 3.8) is 0 Å². The van der Waals surface area contributed by atoms with E-state index >= 15 is 0 Å². The summed E-state index contributed by atoms with van der Waals surface area (Å²) in [6.45, 7) is 2.94.